The van der Waals surface area contributed by atoms with Crippen molar-refractivity contribution >= 4 is 5.91 Å². The van der Waals surface area contributed by atoms with Crippen molar-refractivity contribution in [3.8, 4) is 0 Å². The summed E-state index contributed by atoms with van der Waals surface area (Å²) in [5.41, 5.74) is 0. The largest absolute Gasteiger partial charge is 0.353 e. The molecule has 0 heterocycles. The lowest BCUT2D eigenvalue weighted by Gasteiger charge is -2.27. The summed E-state index contributed by atoms with van der Waals surface area (Å²) < 4.78 is 0. The minimum Gasteiger partial charge on any atom is -0.353 e. The van der Waals surface area contributed by atoms with E-state index in [-0.39, 0.29) is 5.91 Å². The first-order chi connectivity index (χ1) is 6.58. The van der Waals surface area contributed by atoms with E-state index in [2.05, 4.69) is 26.1 Å². The molecule has 0 radical (unpaired) electrons. The molecule has 2 heteroatoms. The average molecular weight is 197 g/mol. The molecule has 0 aromatic carbocycles. The van der Waals surface area contributed by atoms with Crippen LogP contribution in [-0.2, 0) is 4.79 Å². The fraction of sp³-hybridized carbons (Fsp3) is 0.917. The van der Waals surface area contributed by atoms with Gasteiger partial charge in [-0.2, -0.15) is 0 Å². The second-order valence-corrected chi connectivity index (χ2v) is 5.12. The summed E-state index contributed by atoms with van der Waals surface area (Å²) in [7, 11) is 0. The molecule has 2 nitrogen and oxygen atoms in total. The SMILES string of the molecule is CC(C)CC(=O)NC1CCC(C)CC1. The molecule has 0 saturated heterocycles. The van der Waals surface area contributed by atoms with Crippen LogP contribution in [0.2, 0.25) is 0 Å². The molecule has 0 atom stereocenters. The van der Waals surface area contributed by atoms with E-state index in [0.29, 0.717) is 18.4 Å². The van der Waals surface area contributed by atoms with Gasteiger partial charge in [0.05, 0.1) is 0 Å². The summed E-state index contributed by atoms with van der Waals surface area (Å²) in [5, 5.41) is 3.13. The Kier molecular flexibility index (Phi) is 4.43. The Morgan fingerprint density at radius 1 is 1.29 bits per heavy atom. The first kappa shape index (κ1) is 11.5. The van der Waals surface area contributed by atoms with Crippen LogP contribution in [0.15, 0.2) is 0 Å². The molecule has 1 N–H and O–H groups in total. The highest BCUT2D eigenvalue weighted by Crippen LogP contribution is 2.23. The molecular formula is C12H23NO. The minimum atomic E-state index is 0.236. The van der Waals surface area contributed by atoms with Crippen molar-refractivity contribution in [1.82, 2.24) is 5.32 Å². The van der Waals surface area contributed by atoms with Crippen LogP contribution in [0.1, 0.15) is 52.9 Å². The molecule has 1 fully saturated rings. The molecule has 0 aliphatic heterocycles. The predicted octanol–water partition coefficient (Wildman–Crippen LogP) is 2.73. The highest BCUT2D eigenvalue weighted by atomic mass is 16.1. The molecule has 1 aliphatic rings. The van der Waals surface area contributed by atoms with E-state index in [4.69, 9.17) is 0 Å². The van der Waals surface area contributed by atoms with E-state index < -0.39 is 0 Å². The minimum absolute atomic E-state index is 0.236. The average Bonchev–Trinajstić information content (AvgIpc) is 2.07. The van der Waals surface area contributed by atoms with Crippen LogP contribution in [-0.4, -0.2) is 11.9 Å². The van der Waals surface area contributed by atoms with Gasteiger partial charge in [0.1, 0.15) is 0 Å². The molecule has 14 heavy (non-hydrogen) atoms. The summed E-state index contributed by atoms with van der Waals surface area (Å²) in [6.07, 6.45) is 5.56. The molecule has 0 aromatic rings. The topological polar surface area (TPSA) is 29.1 Å². The van der Waals surface area contributed by atoms with Gasteiger partial charge in [-0.15, -0.1) is 0 Å². The zero-order valence-corrected chi connectivity index (χ0v) is 9.68. The van der Waals surface area contributed by atoms with Crippen LogP contribution in [0, 0.1) is 11.8 Å². The van der Waals surface area contributed by atoms with Crippen molar-refractivity contribution in [3.63, 3.8) is 0 Å². The van der Waals surface area contributed by atoms with Gasteiger partial charge in [-0.05, 0) is 37.5 Å². The number of amides is 1. The smallest absolute Gasteiger partial charge is 0.220 e. The first-order valence-corrected chi connectivity index (χ1v) is 5.87. The lowest BCUT2D eigenvalue weighted by Crippen LogP contribution is -2.37. The number of carbonyl (C=O) groups is 1. The van der Waals surface area contributed by atoms with Crippen molar-refractivity contribution in [2.75, 3.05) is 0 Å². The van der Waals surface area contributed by atoms with Gasteiger partial charge in [-0.25, -0.2) is 0 Å². The molecule has 1 amide bonds. The molecule has 1 aliphatic carbocycles. The third kappa shape index (κ3) is 4.12. The van der Waals surface area contributed by atoms with Gasteiger partial charge in [0, 0.05) is 12.5 Å². The van der Waals surface area contributed by atoms with Gasteiger partial charge >= 0.3 is 0 Å². The number of carbonyl (C=O) groups excluding carboxylic acids is 1. The summed E-state index contributed by atoms with van der Waals surface area (Å²) in [4.78, 5) is 11.5. The highest BCUT2D eigenvalue weighted by molar-refractivity contribution is 5.76. The van der Waals surface area contributed by atoms with Crippen LogP contribution >= 0.6 is 0 Å². The Balaban J connectivity index is 2.20. The first-order valence-electron chi connectivity index (χ1n) is 5.87. The standard InChI is InChI=1S/C12H23NO/c1-9(2)8-12(14)13-11-6-4-10(3)5-7-11/h9-11H,4-8H2,1-3H3,(H,13,14). The summed E-state index contributed by atoms with van der Waals surface area (Å²) in [5.74, 6) is 1.56. The quantitative estimate of drug-likeness (QED) is 0.740. The normalized spacial score (nSPS) is 27.7. The number of hydrogen-bond donors (Lipinski definition) is 1. The van der Waals surface area contributed by atoms with E-state index in [1.807, 2.05) is 0 Å². The van der Waals surface area contributed by atoms with Crippen molar-refractivity contribution in [3.05, 3.63) is 0 Å². The summed E-state index contributed by atoms with van der Waals surface area (Å²) in [6, 6.07) is 0.456. The Labute approximate surface area is 87.5 Å². The van der Waals surface area contributed by atoms with E-state index in [9.17, 15) is 4.79 Å². The molecule has 0 aromatic heterocycles. The van der Waals surface area contributed by atoms with Crippen molar-refractivity contribution < 1.29 is 4.79 Å². The van der Waals surface area contributed by atoms with Crippen LogP contribution in [0.25, 0.3) is 0 Å². The Bertz CT molecular complexity index is 181. The Hall–Kier alpha value is -0.530. The van der Waals surface area contributed by atoms with E-state index in [1.54, 1.807) is 0 Å². The van der Waals surface area contributed by atoms with Crippen LogP contribution in [0.3, 0.4) is 0 Å². The third-order valence-corrected chi connectivity index (χ3v) is 2.97. The fourth-order valence-electron chi connectivity index (χ4n) is 2.06. The monoisotopic (exact) mass is 197 g/mol. The Morgan fingerprint density at radius 2 is 1.86 bits per heavy atom. The molecule has 1 rings (SSSR count). The predicted molar refractivity (Wildman–Crippen MR) is 59.0 cm³/mol. The molecule has 1 saturated carbocycles. The lowest BCUT2D eigenvalue weighted by molar-refractivity contribution is -0.122. The van der Waals surface area contributed by atoms with Gasteiger partial charge in [-0.1, -0.05) is 20.8 Å². The zero-order chi connectivity index (χ0) is 10.6. The number of rotatable bonds is 3. The number of hydrogen-bond acceptors (Lipinski definition) is 1. The van der Waals surface area contributed by atoms with Gasteiger partial charge in [0.2, 0.25) is 5.91 Å². The third-order valence-electron chi connectivity index (χ3n) is 2.97. The van der Waals surface area contributed by atoms with Crippen molar-refractivity contribution in [1.29, 1.82) is 0 Å². The van der Waals surface area contributed by atoms with Gasteiger partial charge < -0.3 is 5.32 Å². The molecular weight excluding hydrogens is 174 g/mol. The zero-order valence-electron chi connectivity index (χ0n) is 9.68. The maximum Gasteiger partial charge on any atom is 0.220 e. The van der Waals surface area contributed by atoms with Gasteiger partial charge in [-0.3, -0.25) is 4.79 Å². The summed E-state index contributed by atoms with van der Waals surface area (Å²) in [6.45, 7) is 6.47. The fourth-order valence-corrected chi connectivity index (χ4v) is 2.06. The van der Waals surface area contributed by atoms with E-state index in [1.165, 1.54) is 25.7 Å². The molecule has 0 unspecified atom stereocenters. The van der Waals surface area contributed by atoms with E-state index in [0.717, 1.165) is 5.92 Å². The second kappa shape index (κ2) is 5.38. The Morgan fingerprint density at radius 3 is 2.36 bits per heavy atom. The van der Waals surface area contributed by atoms with Crippen LogP contribution < -0.4 is 5.32 Å². The molecule has 0 spiro atoms. The number of nitrogens with one attached hydrogen (secondary N) is 1. The van der Waals surface area contributed by atoms with Crippen LogP contribution in [0.5, 0.6) is 0 Å². The second-order valence-electron chi connectivity index (χ2n) is 5.12. The summed E-state index contributed by atoms with van der Waals surface area (Å²) >= 11 is 0. The van der Waals surface area contributed by atoms with E-state index >= 15 is 0 Å². The van der Waals surface area contributed by atoms with Gasteiger partial charge in [0.15, 0.2) is 0 Å². The maximum atomic E-state index is 11.5. The maximum absolute atomic E-state index is 11.5. The highest BCUT2D eigenvalue weighted by Gasteiger charge is 2.19. The van der Waals surface area contributed by atoms with Crippen molar-refractivity contribution in [2.45, 2.75) is 58.9 Å². The lowest BCUT2D eigenvalue weighted by atomic mass is 9.87. The molecule has 82 valence electrons. The molecule has 0 bridgehead atoms. The van der Waals surface area contributed by atoms with Gasteiger partial charge in [0.25, 0.3) is 0 Å². The van der Waals surface area contributed by atoms with Crippen LogP contribution in [0.4, 0.5) is 0 Å². The van der Waals surface area contributed by atoms with Crippen molar-refractivity contribution in [2.24, 2.45) is 11.8 Å².